The number of allylic oxidation sites excluding steroid dienone is 1. The van der Waals surface area contributed by atoms with E-state index in [0.717, 1.165) is 28.3 Å². The standard InChI is InChI=1S/C27H22ClN3O2S2/c1-2-16-34-24-12-8-20(9-13-24)27-21(19-31(30-27)23-6-4-3-5-7-23)17-26(18-29)35(32,33)25-14-10-22(28)11-15-25/h3-15,17,19H,2,16H2,1H3/b26-17-. The lowest BCUT2D eigenvalue weighted by atomic mass is 10.1. The van der Waals surface area contributed by atoms with E-state index in [4.69, 9.17) is 16.7 Å². The number of aromatic nitrogens is 2. The lowest BCUT2D eigenvalue weighted by Gasteiger charge is -2.05. The van der Waals surface area contributed by atoms with Crippen molar-refractivity contribution in [3.8, 4) is 23.0 Å². The third kappa shape index (κ3) is 5.68. The Morgan fingerprint density at radius 1 is 1.06 bits per heavy atom. The number of halogens is 1. The molecule has 4 aromatic rings. The fraction of sp³-hybridized carbons (Fsp3) is 0.111. The highest BCUT2D eigenvalue weighted by molar-refractivity contribution is 7.99. The predicted octanol–water partition coefficient (Wildman–Crippen LogP) is 7.03. The molecule has 0 radical (unpaired) electrons. The van der Waals surface area contributed by atoms with Crippen molar-refractivity contribution in [2.24, 2.45) is 0 Å². The fourth-order valence-corrected chi connectivity index (χ4v) is 5.46. The summed E-state index contributed by atoms with van der Waals surface area (Å²) in [5.41, 5.74) is 2.76. The first-order valence-corrected chi connectivity index (χ1v) is 13.8. The molecule has 0 amide bonds. The first-order valence-electron chi connectivity index (χ1n) is 10.9. The Kier molecular flexibility index (Phi) is 7.76. The maximum atomic E-state index is 13.2. The van der Waals surface area contributed by atoms with Crippen LogP contribution in [0, 0.1) is 11.3 Å². The second-order valence-corrected chi connectivity index (χ2v) is 11.2. The summed E-state index contributed by atoms with van der Waals surface area (Å²) in [6, 6.07) is 25.1. The SMILES string of the molecule is CCCSc1ccc(-c2nn(-c3ccccc3)cc2/C=C(/C#N)S(=O)(=O)c2ccc(Cl)cc2)cc1. The minimum Gasteiger partial charge on any atom is -0.240 e. The molecule has 0 unspecified atom stereocenters. The lowest BCUT2D eigenvalue weighted by molar-refractivity contribution is 0.603. The van der Waals surface area contributed by atoms with E-state index in [1.165, 1.54) is 30.3 Å². The molecule has 0 saturated heterocycles. The Morgan fingerprint density at radius 2 is 1.74 bits per heavy atom. The number of nitrogens with zero attached hydrogens (tertiary/aromatic N) is 3. The van der Waals surface area contributed by atoms with Crippen LogP contribution in [0.2, 0.25) is 5.02 Å². The van der Waals surface area contributed by atoms with Crippen LogP contribution in [0.3, 0.4) is 0 Å². The molecule has 0 aliphatic rings. The van der Waals surface area contributed by atoms with Crippen LogP contribution in [-0.4, -0.2) is 24.0 Å². The normalized spacial score (nSPS) is 11.9. The van der Waals surface area contributed by atoms with E-state index in [1.54, 1.807) is 22.6 Å². The quantitative estimate of drug-likeness (QED) is 0.184. The molecule has 8 heteroatoms. The maximum absolute atomic E-state index is 13.2. The van der Waals surface area contributed by atoms with Crippen molar-refractivity contribution in [1.82, 2.24) is 9.78 Å². The van der Waals surface area contributed by atoms with Gasteiger partial charge in [-0.15, -0.1) is 11.8 Å². The zero-order valence-corrected chi connectivity index (χ0v) is 21.3. The van der Waals surface area contributed by atoms with Gasteiger partial charge in [-0.05, 0) is 66.8 Å². The van der Waals surface area contributed by atoms with Crippen molar-refractivity contribution in [2.75, 3.05) is 5.75 Å². The molecule has 0 fully saturated rings. The minimum absolute atomic E-state index is 0.00371. The van der Waals surface area contributed by atoms with Gasteiger partial charge in [-0.2, -0.15) is 10.4 Å². The van der Waals surface area contributed by atoms with E-state index >= 15 is 0 Å². The number of hydrogen-bond acceptors (Lipinski definition) is 5. The second kappa shape index (κ2) is 11.0. The molecule has 176 valence electrons. The Hall–Kier alpha value is -3.31. The Bertz CT molecular complexity index is 1490. The molecule has 0 saturated carbocycles. The summed E-state index contributed by atoms with van der Waals surface area (Å²) < 4.78 is 28.1. The van der Waals surface area contributed by atoms with Crippen LogP contribution in [0.25, 0.3) is 23.0 Å². The monoisotopic (exact) mass is 519 g/mol. The molecule has 0 bridgehead atoms. The molecule has 1 heterocycles. The minimum atomic E-state index is -4.04. The maximum Gasteiger partial charge on any atom is 0.216 e. The van der Waals surface area contributed by atoms with E-state index in [9.17, 15) is 13.7 Å². The van der Waals surface area contributed by atoms with Gasteiger partial charge in [-0.1, -0.05) is 48.9 Å². The van der Waals surface area contributed by atoms with Gasteiger partial charge in [-0.3, -0.25) is 0 Å². The summed E-state index contributed by atoms with van der Waals surface area (Å²) in [6.45, 7) is 2.14. The highest BCUT2D eigenvalue weighted by Crippen LogP contribution is 2.30. The van der Waals surface area contributed by atoms with Crippen LogP contribution < -0.4 is 0 Å². The van der Waals surface area contributed by atoms with Crippen LogP contribution in [0.15, 0.2) is 99.8 Å². The molecule has 1 aromatic heterocycles. The number of sulfone groups is 1. The average Bonchev–Trinajstić information content (AvgIpc) is 3.31. The van der Waals surface area contributed by atoms with E-state index in [0.29, 0.717) is 16.3 Å². The summed E-state index contributed by atoms with van der Waals surface area (Å²) in [7, 11) is -4.04. The number of para-hydroxylation sites is 1. The summed E-state index contributed by atoms with van der Waals surface area (Å²) in [5, 5.41) is 14.9. The molecule has 5 nitrogen and oxygen atoms in total. The number of hydrogen-bond donors (Lipinski definition) is 0. The number of benzene rings is 3. The molecule has 0 aliphatic carbocycles. The van der Waals surface area contributed by atoms with Crippen molar-refractivity contribution in [1.29, 1.82) is 5.26 Å². The first kappa shape index (κ1) is 24.8. The molecule has 0 aliphatic heterocycles. The smallest absolute Gasteiger partial charge is 0.216 e. The van der Waals surface area contributed by atoms with E-state index in [1.807, 2.05) is 60.7 Å². The van der Waals surface area contributed by atoms with E-state index in [2.05, 4.69) is 6.92 Å². The zero-order chi connectivity index (χ0) is 24.8. The first-order chi connectivity index (χ1) is 16.9. The molecular weight excluding hydrogens is 498 g/mol. The van der Waals surface area contributed by atoms with Crippen molar-refractivity contribution >= 4 is 39.3 Å². The van der Waals surface area contributed by atoms with Gasteiger partial charge in [0.25, 0.3) is 0 Å². The Balaban J connectivity index is 1.82. The topological polar surface area (TPSA) is 75.8 Å². The van der Waals surface area contributed by atoms with Gasteiger partial charge < -0.3 is 0 Å². The molecule has 4 rings (SSSR count). The fourth-order valence-electron chi connectivity index (χ4n) is 3.41. The van der Waals surface area contributed by atoms with Crippen LogP contribution in [-0.2, 0) is 9.84 Å². The zero-order valence-electron chi connectivity index (χ0n) is 18.9. The number of rotatable bonds is 8. The highest BCUT2D eigenvalue weighted by atomic mass is 35.5. The summed E-state index contributed by atoms with van der Waals surface area (Å²) >= 11 is 7.68. The Morgan fingerprint density at radius 3 is 2.37 bits per heavy atom. The summed E-state index contributed by atoms with van der Waals surface area (Å²) in [5.74, 6) is 1.03. The molecule has 0 N–H and O–H groups in total. The molecule has 35 heavy (non-hydrogen) atoms. The van der Waals surface area contributed by atoms with Crippen LogP contribution in [0.4, 0.5) is 0 Å². The van der Waals surface area contributed by atoms with E-state index in [-0.39, 0.29) is 9.80 Å². The van der Waals surface area contributed by atoms with Gasteiger partial charge in [0.1, 0.15) is 16.7 Å². The van der Waals surface area contributed by atoms with Crippen molar-refractivity contribution in [2.45, 2.75) is 23.1 Å². The van der Waals surface area contributed by atoms with Crippen molar-refractivity contribution in [3.05, 3.63) is 101 Å². The van der Waals surface area contributed by atoms with Crippen LogP contribution in [0.5, 0.6) is 0 Å². The predicted molar refractivity (Wildman–Crippen MR) is 142 cm³/mol. The lowest BCUT2D eigenvalue weighted by Crippen LogP contribution is -2.03. The van der Waals surface area contributed by atoms with Gasteiger partial charge in [0.2, 0.25) is 9.84 Å². The van der Waals surface area contributed by atoms with Gasteiger partial charge in [-0.25, -0.2) is 13.1 Å². The Labute approximate surface area is 214 Å². The van der Waals surface area contributed by atoms with Crippen molar-refractivity contribution < 1.29 is 8.42 Å². The average molecular weight is 520 g/mol. The number of nitriles is 1. The van der Waals surface area contributed by atoms with Crippen LogP contribution in [0.1, 0.15) is 18.9 Å². The van der Waals surface area contributed by atoms with Gasteiger partial charge in [0.05, 0.1) is 10.6 Å². The second-order valence-electron chi connectivity index (χ2n) is 7.66. The third-order valence-electron chi connectivity index (χ3n) is 5.17. The molecule has 0 spiro atoms. The molecular formula is C27H22ClN3O2S2. The molecule has 0 atom stereocenters. The van der Waals surface area contributed by atoms with Gasteiger partial charge in [0.15, 0.2) is 0 Å². The summed E-state index contributed by atoms with van der Waals surface area (Å²) in [6.07, 6.45) is 4.20. The largest absolute Gasteiger partial charge is 0.240 e. The van der Waals surface area contributed by atoms with Gasteiger partial charge >= 0.3 is 0 Å². The van der Waals surface area contributed by atoms with Crippen LogP contribution >= 0.6 is 23.4 Å². The van der Waals surface area contributed by atoms with Crippen molar-refractivity contribution in [3.63, 3.8) is 0 Å². The summed E-state index contributed by atoms with van der Waals surface area (Å²) in [4.78, 5) is 0.783. The highest BCUT2D eigenvalue weighted by Gasteiger charge is 2.22. The number of thioether (sulfide) groups is 1. The molecule has 3 aromatic carbocycles. The van der Waals surface area contributed by atoms with Gasteiger partial charge in [0, 0.05) is 27.2 Å². The third-order valence-corrected chi connectivity index (χ3v) is 8.32. The van der Waals surface area contributed by atoms with E-state index < -0.39 is 9.84 Å².